The highest BCUT2D eigenvalue weighted by molar-refractivity contribution is 8.18. The first-order valence-electron chi connectivity index (χ1n) is 10.9. The number of ether oxygens (including phenoxy) is 3. The number of methoxy groups -OCH3 is 2. The lowest BCUT2D eigenvalue weighted by Gasteiger charge is -2.13. The highest BCUT2D eigenvalue weighted by Gasteiger charge is 2.35. The molecular weight excluding hydrogens is 536 g/mol. The molecule has 1 fully saturated rings. The Hall–Kier alpha value is -4.35. The van der Waals surface area contributed by atoms with Crippen molar-refractivity contribution in [2.45, 2.75) is 6.54 Å². The number of nitrogens with zero attached hydrogens (tertiary/aromatic N) is 2. The van der Waals surface area contributed by atoms with E-state index < -0.39 is 27.7 Å². The second-order valence-corrected chi connectivity index (χ2v) is 9.27. The Morgan fingerprint density at radius 3 is 2.39 bits per heavy atom. The Labute approximate surface area is 225 Å². The smallest absolute Gasteiger partial charge is 0.338 e. The van der Waals surface area contributed by atoms with E-state index in [1.54, 1.807) is 42.5 Å². The average Bonchev–Trinajstić information content (AvgIpc) is 3.17. The summed E-state index contributed by atoms with van der Waals surface area (Å²) in [5.74, 6) is -0.883. The van der Waals surface area contributed by atoms with Gasteiger partial charge in [-0.25, -0.2) is 4.79 Å². The predicted molar refractivity (Wildman–Crippen MR) is 140 cm³/mol. The van der Waals surface area contributed by atoms with Crippen molar-refractivity contribution in [3.63, 3.8) is 0 Å². The van der Waals surface area contributed by atoms with Crippen LogP contribution in [0.4, 0.5) is 10.5 Å². The van der Waals surface area contributed by atoms with Crippen molar-refractivity contribution < 1.29 is 33.5 Å². The Morgan fingerprint density at radius 1 is 1.03 bits per heavy atom. The zero-order valence-corrected chi connectivity index (χ0v) is 21.6. The van der Waals surface area contributed by atoms with Crippen LogP contribution in [-0.2, 0) is 16.1 Å². The number of imide groups is 1. The molecule has 0 bridgehead atoms. The van der Waals surface area contributed by atoms with E-state index in [9.17, 15) is 24.5 Å². The summed E-state index contributed by atoms with van der Waals surface area (Å²) in [5.41, 5.74) is 0.865. The Balaban J connectivity index is 1.56. The van der Waals surface area contributed by atoms with E-state index in [0.717, 1.165) is 28.3 Å². The van der Waals surface area contributed by atoms with Crippen LogP contribution in [0.2, 0.25) is 5.02 Å². The second kappa shape index (κ2) is 11.4. The van der Waals surface area contributed by atoms with Crippen LogP contribution in [0.5, 0.6) is 17.2 Å². The van der Waals surface area contributed by atoms with Crippen LogP contribution in [0, 0.1) is 10.1 Å². The summed E-state index contributed by atoms with van der Waals surface area (Å²) in [6.45, 7) is 0.114. The molecule has 0 saturated carbocycles. The number of nitro groups is 1. The van der Waals surface area contributed by atoms with E-state index >= 15 is 0 Å². The molecule has 0 aliphatic carbocycles. The summed E-state index contributed by atoms with van der Waals surface area (Å²) in [4.78, 5) is 49.4. The number of carbonyl (C=O) groups excluding carboxylic acids is 3. The maximum Gasteiger partial charge on any atom is 0.338 e. The fraction of sp³-hybridized carbons (Fsp3) is 0.115. The number of amides is 2. The Morgan fingerprint density at radius 2 is 1.74 bits per heavy atom. The number of thioether (sulfide) groups is 1. The van der Waals surface area contributed by atoms with Gasteiger partial charge in [0.05, 0.1) is 36.2 Å². The number of esters is 1. The van der Waals surface area contributed by atoms with E-state index in [-0.39, 0.29) is 34.3 Å². The minimum atomic E-state index is -0.723. The molecule has 1 heterocycles. The highest BCUT2D eigenvalue weighted by atomic mass is 35.5. The van der Waals surface area contributed by atoms with Crippen molar-refractivity contribution in [3.05, 3.63) is 97.4 Å². The van der Waals surface area contributed by atoms with E-state index in [1.165, 1.54) is 32.4 Å². The quantitative estimate of drug-likeness (QED) is 0.141. The SMILES string of the molecule is COC(=O)c1ccc(Oc2ccc(/C=C3\SC(=O)N(Cc4ccc(Cl)cc4)C3=O)cc2OC)c([N+](=O)[O-])c1. The van der Waals surface area contributed by atoms with Gasteiger partial charge in [0.2, 0.25) is 5.75 Å². The molecule has 2 amide bonds. The largest absolute Gasteiger partial charge is 0.493 e. The molecule has 0 N–H and O–H groups in total. The maximum absolute atomic E-state index is 12.9. The van der Waals surface area contributed by atoms with Gasteiger partial charge in [-0.05, 0) is 65.4 Å². The molecule has 0 unspecified atom stereocenters. The van der Waals surface area contributed by atoms with Gasteiger partial charge in [-0.3, -0.25) is 24.6 Å². The molecule has 0 spiro atoms. The van der Waals surface area contributed by atoms with Crippen molar-refractivity contribution in [3.8, 4) is 17.2 Å². The van der Waals surface area contributed by atoms with Gasteiger partial charge in [0.25, 0.3) is 11.1 Å². The van der Waals surface area contributed by atoms with Gasteiger partial charge in [0.1, 0.15) is 0 Å². The van der Waals surface area contributed by atoms with E-state index in [1.807, 2.05) is 0 Å². The molecule has 1 aliphatic rings. The molecule has 3 aromatic rings. The van der Waals surface area contributed by atoms with Gasteiger partial charge in [0.15, 0.2) is 11.5 Å². The highest BCUT2D eigenvalue weighted by Crippen LogP contribution is 2.39. The number of rotatable bonds is 8. The molecule has 0 radical (unpaired) electrons. The number of hydrogen-bond donors (Lipinski definition) is 0. The molecule has 12 heteroatoms. The molecule has 3 aromatic carbocycles. The molecule has 10 nitrogen and oxygen atoms in total. The third-order valence-electron chi connectivity index (χ3n) is 5.41. The first kappa shape index (κ1) is 26.7. The summed E-state index contributed by atoms with van der Waals surface area (Å²) < 4.78 is 15.7. The summed E-state index contributed by atoms with van der Waals surface area (Å²) in [5, 5.41) is 11.7. The summed E-state index contributed by atoms with van der Waals surface area (Å²) >= 11 is 6.72. The normalized spacial score (nSPS) is 14.1. The van der Waals surface area contributed by atoms with Crippen molar-refractivity contribution in [2.75, 3.05) is 14.2 Å². The van der Waals surface area contributed by atoms with Crippen molar-refractivity contribution in [1.29, 1.82) is 0 Å². The zero-order chi connectivity index (χ0) is 27.4. The van der Waals surface area contributed by atoms with Gasteiger partial charge >= 0.3 is 11.7 Å². The van der Waals surface area contributed by atoms with E-state index in [0.29, 0.717) is 10.6 Å². The number of halogens is 1. The van der Waals surface area contributed by atoms with Crippen LogP contribution < -0.4 is 9.47 Å². The molecule has 38 heavy (non-hydrogen) atoms. The van der Waals surface area contributed by atoms with Crippen LogP contribution in [0.25, 0.3) is 6.08 Å². The fourth-order valence-electron chi connectivity index (χ4n) is 3.53. The standard InChI is InChI=1S/C26H19ClN2O8S/c1-35-22-11-16(12-23-24(30)28(26(32)38-23)14-15-3-7-18(27)8-4-15)5-9-21(22)37-20-10-6-17(25(31)36-2)13-19(20)29(33)34/h3-13H,14H2,1-2H3/b23-12-. The molecule has 4 rings (SSSR count). The van der Waals surface area contributed by atoms with Gasteiger partial charge in [0, 0.05) is 11.1 Å². The van der Waals surface area contributed by atoms with Gasteiger partial charge < -0.3 is 14.2 Å². The Kier molecular flexibility index (Phi) is 7.99. The number of hydrogen-bond acceptors (Lipinski definition) is 9. The van der Waals surface area contributed by atoms with Crippen LogP contribution in [0.3, 0.4) is 0 Å². The number of benzene rings is 3. The molecule has 0 atom stereocenters. The minimum absolute atomic E-state index is 0.00104. The number of carbonyl (C=O) groups is 3. The third-order valence-corrected chi connectivity index (χ3v) is 6.57. The average molecular weight is 555 g/mol. The first-order chi connectivity index (χ1) is 18.2. The molecule has 1 aliphatic heterocycles. The molecular formula is C26H19ClN2O8S. The maximum atomic E-state index is 12.9. The third kappa shape index (κ3) is 5.79. The van der Waals surface area contributed by atoms with Gasteiger partial charge in [-0.2, -0.15) is 0 Å². The molecule has 194 valence electrons. The predicted octanol–water partition coefficient (Wildman–Crippen LogP) is 6.07. The van der Waals surface area contributed by atoms with Crippen LogP contribution in [-0.4, -0.2) is 41.2 Å². The topological polar surface area (TPSA) is 125 Å². The minimum Gasteiger partial charge on any atom is -0.493 e. The van der Waals surface area contributed by atoms with Crippen LogP contribution in [0.15, 0.2) is 65.6 Å². The number of nitro benzene ring substituents is 1. The van der Waals surface area contributed by atoms with Crippen molar-refractivity contribution >= 4 is 52.2 Å². The summed E-state index contributed by atoms with van der Waals surface area (Å²) in [6.07, 6.45) is 1.55. The Bertz CT molecular complexity index is 1470. The van der Waals surface area contributed by atoms with Crippen LogP contribution >= 0.6 is 23.4 Å². The van der Waals surface area contributed by atoms with Crippen molar-refractivity contribution in [2.24, 2.45) is 0 Å². The zero-order valence-electron chi connectivity index (χ0n) is 20.0. The fourth-order valence-corrected chi connectivity index (χ4v) is 4.49. The summed E-state index contributed by atoms with van der Waals surface area (Å²) in [7, 11) is 2.56. The van der Waals surface area contributed by atoms with E-state index in [4.69, 9.17) is 21.1 Å². The van der Waals surface area contributed by atoms with Gasteiger partial charge in [-0.15, -0.1) is 0 Å². The lowest BCUT2D eigenvalue weighted by molar-refractivity contribution is -0.385. The molecule has 0 aromatic heterocycles. The van der Waals surface area contributed by atoms with Crippen molar-refractivity contribution in [1.82, 2.24) is 4.90 Å². The monoisotopic (exact) mass is 554 g/mol. The second-order valence-electron chi connectivity index (χ2n) is 7.84. The summed E-state index contributed by atoms with van der Waals surface area (Å²) in [6, 6.07) is 15.2. The first-order valence-corrected chi connectivity index (χ1v) is 12.1. The van der Waals surface area contributed by atoms with Crippen LogP contribution in [0.1, 0.15) is 21.5 Å². The lowest BCUT2D eigenvalue weighted by atomic mass is 10.1. The lowest BCUT2D eigenvalue weighted by Crippen LogP contribution is -2.27. The molecule has 1 saturated heterocycles. The van der Waals surface area contributed by atoms with E-state index in [2.05, 4.69) is 4.74 Å². The van der Waals surface area contributed by atoms with Gasteiger partial charge in [-0.1, -0.05) is 29.8 Å².